The minimum Gasteiger partial charge on any atom is -0.464 e. The predicted molar refractivity (Wildman–Crippen MR) is 78.5 cm³/mol. The van der Waals surface area contributed by atoms with E-state index < -0.39 is 0 Å². The molecule has 1 N–H and O–H groups in total. The lowest BCUT2D eigenvalue weighted by atomic mass is 10.0. The summed E-state index contributed by atoms with van der Waals surface area (Å²) in [6.45, 7) is 5.24. The first-order valence-corrected chi connectivity index (χ1v) is 7.31. The fourth-order valence-electron chi connectivity index (χ4n) is 2.76. The van der Waals surface area contributed by atoms with E-state index in [2.05, 4.69) is 32.1 Å². The van der Waals surface area contributed by atoms with Crippen molar-refractivity contribution in [1.29, 1.82) is 0 Å². The molecular formula is C14H21N5O2. The maximum atomic E-state index is 12.0. The standard InChI is InChI=1S/C14H21N5O2/c1-18-5-7-19(8-6-18)14-16-11-9-15-4-3-10(11)12(17-14)13(20)21-2/h15H,3-9H2,1-2H3. The number of aromatic nitrogens is 2. The largest absolute Gasteiger partial charge is 0.464 e. The van der Waals surface area contributed by atoms with Crippen LogP contribution in [0.15, 0.2) is 0 Å². The molecule has 0 aliphatic carbocycles. The Morgan fingerprint density at radius 3 is 2.71 bits per heavy atom. The molecule has 1 aromatic heterocycles. The van der Waals surface area contributed by atoms with Crippen LogP contribution >= 0.6 is 0 Å². The van der Waals surface area contributed by atoms with Gasteiger partial charge in [0.1, 0.15) is 0 Å². The van der Waals surface area contributed by atoms with Crippen LogP contribution in [0.25, 0.3) is 0 Å². The number of likely N-dealkylation sites (N-methyl/N-ethyl adjacent to an activating group) is 1. The van der Waals surface area contributed by atoms with Gasteiger partial charge in [-0.05, 0) is 20.0 Å². The fraction of sp³-hybridized carbons (Fsp3) is 0.643. The summed E-state index contributed by atoms with van der Waals surface area (Å²) in [5.41, 5.74) is 2.28. The van der Waals surface area contributed by atoms with Crippen molar-refractivity contribution < 1.29 is 9.53 Å². The van der Waals surface area contributed by atoms with Gasteiger partial charge < -0.3 is 19.9 Å². The minimum atomic E-state index is -0.370. The van der Waals surface area contributed by atoms with Crippen LogP contribution in [0.3, 0.4) is 0 Å². The quantitative estimate of drug-likeness (QED) is 0.748. The van der Waals surface area contributed by atoms with Crippen molar-refractivity contribution in [2.24, 2.45) is 0 Å². The van der Waals surface area contributed by atoms with E-state index >= 15 is 0 Å². The number of rotatable bonds is 2. The van der Waals surface area contributed by atoms with Crippen molar-refractivity contribution in [2.45, 2.75) is 13.0 Å². The Kier molecular flexibility index (Phi) is 4.03. The average Bonchev–Trinajstić information content (AvgIpc) is 2.53. The molecule has 0 spiro atoms. The van der Waals surface area contributed by atoms with Crippen LogP contribution in [0.2, 0.25) is 0 Å². The number of piperazine rings is 1. The second-order valence-electron chi connectivity index (χ2n) is 5.51. The molecule has 114 valence electrons. The number of esters is 1. The van der Waals surface area contributed by atoms with Crippen molar-refractivity contribution in [2.75, 3.05) is 51.8 Å². The SMILES string of the molecule is COC(=O)c1nc(N2CCN(C)CC2)nc2c1CCNC2. The smallest absolute Gasteiger partial charge is 0.357 e. The maximum Gasteiger partial charge on any atom is 0.357 e. The number of nitrogens with one attached hydrogen (secondary N) is 1. The summed E-state index contributed by atoms with van der Waals surface area (Å²) >= 11 is 0. The zero-order chi connectivity index (χ0) is 14.8. The first kappa shape index (κ1) is 14.2. The van der Waals surface area contributed by atoms with Gasteiger partial charge in [0.25, 0.3) is 0 Å². The average molecular weight is 291 g/mol. The highest BCUT2D eigenvalue weighted by atomic mass is 16.5. The second kappa shape index (κ2) is 5.95. The van der Waals surface area contributed by atoms with Gasteiger partial charge in [-0.2, -0.15) is 0 Å². The van der Waals surface area contributed by atoms with Crippen LogP contribution < -0.4 is 10.2 Å². The van der Waals surface area contributed by atoms with E-state index in [1.807, 2.05) is 0 Å². The van der Waals surface area contributed by atoms with Gasteiger partial charge in [-0.25, -0.2) is 14.8 Å². The first-order chi connectivity index (χ1) is 10.2. The summed E-state index contributed by atoms with van der Waals surface area (Å²) in [5.74, 6) is 0.275. The minimum absolute atomic E-state index is 0.370. The van der Waals surface area contributed by atoms with Crippen molar-refractivity contribution in [3.05, 3.63) is 17.0 Å². The van der Waals surface area contributed by atoms with Gasteiger partial charge >= 0.3 is 5.97 Å². The Morgan fingerprint density at radius 2 is 2.00 bits per heavy atom. The predicted octanol–water partition coefficient (Wildman–Crippen LogP) is -0.339. The van der Waals surface area contributed by atoms with Gasteiger partial charge in [0.2, 0.25) is 5.95 Å². The summed E-state index contributed by atoms with van der Waals surface area (Å²) < 4.78 is 4.89. The molecule has 2 aliphatic rings. The Balaban J connectivity index is 1.96. The summed E-state index contributed by atoms with van der Waals surface area (Å²) in [6.07, 6.45) is 0.767. The molecule has 1 fully saturated rings. The monoisotopic (exact) mass is 291 g/mol. The topological polar surface area (TPSA) is 70.6 Å². The number of nitrogens with zero attached hydrogens (tertiary/aromatic N) is 4. The lowest BCUT2D eigenvalue weighted by molar-refractivity contribution is 0.0592. The van der Waals surface area contributed by atoms with E-state index in [0.29, 0.717) is 18.2 Å². The van der Waals surface area contributed by atoms with Gasteiger partial charge in [0.15, 0.2) is 5.69 Å². The number of anilines is 1. The van der Waals surface area contributed by atoms with Crippen molar-refractivity contribution in [3.8, 4) is 0 Å². The van der Waals surface area contributed by atoms with Crippen molar-refractivity contribution in [1.82, 2.24) is 20.2 Å². The van der Waals surface area contributed by atoms with E-state index in [1.165, 1.54) is 7.11 Å². The van der Waals surface area contributed by atoms with Crippen LogP contribution in [0.5, 0.6) is 0 Å². The highest BCUT2D eigenvalue weighted by molar-refractivity contribution is 5.89. The molecule has 0 unspecified atom stereocenters. The summed E-state index contributed by atoms with van der Waals surface area (Å²) in [5, 5.41) is 3.29. The number of carbonyl (C=O) groups excluding carboxylic acids is 1. The molecule has 1 saturated heterocycles. The van der Waals surface area contributed by atoms with Gasteiger partial charge in [0, 0.05) is 38.3 Å². The highest BCUT2D eigenvalue weighted by Crippen LogP contribution is 2.21. The Labute approximate surface area is 124 Å². The van der Waals surface area contributed by atoms with Gasteiger partial charge in [-0.3, -0.25) is 0 Å². The number of carbonyl (C=O) groups is 1. The maximum absolute atomic E-state index is 12.0. The van der Waals surface area contributed by atoms with Crippen LogP contribution in [0.1, 0.15) is 21.7 Å². The molecule has 1 aromatic rings. The van der Waals surface area contributed by atoms with E-state index in [4.69, 9.17) is 4.74 Å². The molecule has 0 radical (unpaired) electrons. The first-order valence-electron chi connectivity index (χ1n) is 7.31. The number of ether oxygens (including phenoxy) is 1. The van der Waals surface area contributed by atoms with E-state index in [1.54, 1.807) is 0 Å². The third-order valence-corrected chi connectivity index (χ3v) is 4.09. The molecule has 7 heteroatoms. The third-order valence-electron chi connectivity index (χ3n) is 4.09. The zero-order valence-corrected chi connectivity index (χ0v) is 12.6. The molecule has 0 aromatic carbocycles. The molecule has 7 nitrogen and oxygen atoms in total. The van der Waals surface area contributed by atoms with Crippen LogP contribution in [-0.4, -0.2) is 67.7 Å². The Morgan fingerprint density at radius 1 is 1.24 bits per heavy atom. The number of fused-ring (bicyclic) bond motifs is 1. The lowest BCUT2D eigenvalue weighted by Crippen LogP contribution is -2.45. The van der Waals surface area contributed by atoms with E-state index in [9.17, 15) is 4.79 Å². The van der Waals surface area contributed by atoms with Crippen molar-refractivity contribution in [3.63, 3.8) is 0 Å². The molecule has 21 heavy (non-hydrogen) atoms. The number of methoxy groups -OCH3 is 1. The molecule has 2 aliphatic heterocycles. The van der Waals surface area contributed by atoms with Gasteiger partial charge in [0.05, 0.1) is 12.8 Å². The number of hydrogen-bond acceptors (Lipinski definition) is 7. The summed E-state index contributed by atoms with van der Waals surface area (Å²) in [6, 6.07) is 0. The van der Waals surface area contributed by atoms with Gasteiger partial charge in [-0.1, -0.05) is 0 Å². The Hall–Kier alpha value is -1.73. The molecule has 3 heterocycles. The van der Waals surface area contributed by atoms with E-state index in [-0.39, 0.29) is 5.97 Å². The molecular weight excluding hydrogens is 270 g/mol. The van der Waals surface area contributed by atoms with Crippen LogP contribution in [-0.2, 0) is 17.7 Å². The zero-order valence-electron chi connectivity index (χ0n) is 12.6. The van der Waals surface area contributed by atoms with Crippen LogP contribution in [0.4, 0.5) is 5.95 Å². The number of hydrogen-bond donors (Lipinski definition) is 1. The van der Waals surface area contributed by atoms with E-state index in [0.717, 1.165) is 50.4 Å². The van der Waals surface area contributed by atoms with Gasteiger partial charge in [-0.15, -0.1) is 0 Å². The molecule has 0 amide bonds. The lowest BCUT2D eigenvalue weighted by Gasteiger charge is -2.33. The normalized spacial score (nSPS) is 19.2. The molecule has 0 bridgehead atoms. The third kappa shape index (κ3) is 2.84. The van der Waals surface area contributed by atoms with Crippen LogP contribution in [0, 0.1) is 0 Å². The molecule has 0 atom stereocenters. The fourth-order valence-corrected chi connectivity index (χ4v) is 2.76. The Bertz CT molecular complexity index is 540. The molecule has 0 saturated carbocycles. The second-order valence-corrected chi connectivity index (χ2v) is 5.51. The summed E-state index contributed by atoms with van der Waals surface area (Å²) in [4.78, 5) is 25.6. The van der Waals surface area contributed by atoms with Crippen molar-refractivity contribution >= 4 is 11.9 Å². The molecule has 3 rings (SSSR count). The highest BCUT2D eigenvalue weighted by Gasteiger charge is 2.25. The summed E-state index contributed by atoms with van der Waals surface area (Å²) in [7, 11) is 3.50.